The number of furan rings is 1. The molecule has 0 amide bonds. The molecule has 0 saturated carbocycles. The van der Waals surface area contributed by atoms with Crippen LogP contribution in [-0.2, 0) is 23.1 Å². The minimum Gasteiger partial charge on any atom is -0.452 e. The molecule has 19 heavy (non-hydrogen) atoms. The number of imidazole rings is 1. The molecule has 0 saturated heterocycles. The fraction of sp³-hybridized carbons (Fsp3) is 0.300. The zero-order valence-electron chi connectivity index (χ0n) is 10.1. The summed E-state index contributed by atoms with van der Waals surface area (Å²) in [5.41, 5.74) is 0.679. The lowest BCUT2D eigenvalue weighted by atomic mass is 10.4. The smallest absolute Gasteiger partial charge is 0.245 e. The molecule has 0 aliphatic heterocycles. The van der Waals surface area contributed by atoms with E-state index >= 15 is 0 Å². The van der Waals surface area contributed by atoms with Crippen molar-refractivity contribution in [2.24, 2.45) is 0 Å². The van der Waals surface area contributed by atoms with Crippen LogP contribution in [0.2, 0.25) is 0 Å². The van der Waals surface area contributed by atoms with E-state index < -0.39 is 10.0 Å². The number of sulfonamides is 1. The molecule has 0 bridgehead atoms. The zero-order valence-corrected chi connectivity index (χ0v) is 12.5. The van der Waals surface area contributed by atoms with Crippen molar-refractivity contribution in [3.05, 3.63) is 34.7 Å². The van der Waals surface area contributed by atoms with Gasteiger partial charge >= 0.3 is 0 Å². The fourth-order valence-electron chi connectivity index (χ4n) is 1.47. The van der Waals surface area contributed by atoms with Crippen molar-refractivity contribution in [2.75, 3.05) is 7.05 Å². The molecule has 0 aromatic carbocycles. The summed E-state index contributed by atoms with van der Waals surface area (Å²) in [7, 11) is -1.88. The summed E-state index contributed by atoms with van der Waals surface area (Å²) < 4.78 is 32.2. The van der Waals surface area contributed by atoms with Crippen molar-refractivity contribution in [2.45, 2.75) is 18.0 Å². The largest absolute Gasteiger partial charge is 0.452 e. The summed E-state index contributed by atoms with van der Waals surface area (Å²) in [6.07, 6.45) is 3.04. The molecule has 0 unspecified atom stereocenters. The van der Waals surface area contributed by atoms with E-state index in [0.29, 0.717) is 18.0 Å². The van der Waals surface area contributed by atoms with Gasteiger partial charge in [-0.05, 0) is 23.0 Å². The fourth-order valence-corrected chi connectivity index (χ4v) is 3.48. The maximum absolute atomic E-state index is 12.1. The Hall–Kier alpha value is -1.16. The van der Waals surface area contributed by atoms with E-state index in [1.54, 1.807) is 13.2 Å². The maximum atomic E-state index is 12.1. The molecule has 0 aliphatic carbocycles. The number of nitrogens with zero attached hydrogens (tertiary/aromatic N) is 1. The first-order valence-corrected chi connectivity index (χ1v) is 7.70. The third kappa shape index (κ3) is 3.44. The zero-order chi connectivity index (χ0) is 13.9. The number of nitrogens with one attached hydrogen (secondary N) is 3. The predicted molar refractivity (Wildman–Crippen MR) is 71.8 cm³/mol. The molecule has 2 aromatic heterocycles. The van der Waals surface area contributed by atoms with Gasteiger partial charge in [0.05, 0.1) is 19.4 Å². The normalized spacial score (nSPS) is 11.9. The molecule has 7 nitrogen and oxygen atoms in total. The van der Waals surface area contributed by atoms with Gasteiger partial charge in [-0.1, -0.05) is 0 Å². The van der Waals surface area contributed by atoms with Crippen molar-refractivity contribution in [3.8, 4) is 0 Å². The Morgan fingerprint density at radius 2 is 2.26 bits per heavy atom. The Morgan fingerprint density at radius 3 is 2.89 bits per heavy atom. The van der Waals surface area contributed by atoms with Crippen LogP contribution in [-0.4, -0.2) is 25.4 Å². The molecule has 104 valence electrons. The Balaban J connectivity index is 2.14. The summed E-state index contributed by atoms with van der Waals surface area (Å²) in [5, 5.41) is 2.89. The molecule has 9 heteroatoms. The molecular weight excluding hydrogens is 336 g/mol. The summed E-state index contributed by atoms with van der Waals surface area (Å²) >= 11 is 3.11. The molecule has 0 radical (unpaired) electrons. The van der Waals surface area contributed by atoms with Crippen molar-refractivity contribution in [3.63, 3.8) is 0 Å². The monoisotopic (exact) mass is 348 g/mol. The van der Waals surface area contributed by atoms with Crippen LogP contribution in [0.15, 0.2) is 32.6 Å². The minimum absolute atomic E-state index is 0.0808. The predicted octanol–water partition coefficient (Wildman–Crippen LogP) is 0.963. The Labute approximate surface area is 119 Å². The molecular formula is C10H13BrN4O3S. The molecule has 2 heterocycles. The number of aromatic nitrogens is 2. The molecule has 2 rings (SSSR count). The second-order valence-corrected chi connectivity index (χ2v) is 6.24. The number of halogens is 1. The van der Waals surface area contributed by atoms with E-state index in [0.717, 1.165) is 0 Å². The van der Waals surface area contributed by atoms with Gasteiger partial charge in [0.25, 0.3) is 0 Å². The van der Waals surface area contributed by atoms with Crippen LogP contribution < -0.4 is 10.0 Å². The summed E-state index contributed by atoms with van der Waals surface area (Å²) in [6, 6.07) is 1.48. The van der Waals surface area contributed by atoms with Crippen LogP contribution in [0.4, 0.5) is 0 Å². The number of H-pyrrole nitrogens is 1. The minimum atomic E-state index is -3.63. The number of rotatable bonds is 6. The highest BCUT2D eigenvalue weighted by Gasteiger charge is 2.22. The Morgan fingerprint density at radius 1 is 1.47 bits per heavy atom. The average molecular weight is 349 g/mol. The van der Waals surface area contributed by atoms with Gasteiger partial charge in [0.2, 0.25) is 10.0 Å². The van der Waals surface area contributed by atoms with Gasteiger partial charge in [-0.25, -0.2) is 18.1 Å². The van der Waals surface area contributed by atoms with Gasteiger partial charge in [0.15, 0.2) is 4.67 Å². The van der Waals surface area contributed by atoms with E-state index in [2.05, 4.69) is 35.9 Å². The van der Waals surface area contributed by atoms with Gasteiger partial charge in [-0.3, -0.25) is 0 Å². The lowest BCUT2D eigenvalue weighted by Gasteiger charge is -2.03. The summed E-state index contributed by atoms with van der Waals surface area (Å²) in [6.45, 7) is 0.593. The molecule has 0 atom stereocenters. The molecule has 2 aromatic rings. The van der Waals surface area contributed by atoms with Gasteiger partial charge in [0.1, 0.15) is 10.7 Å². The van der Waals surface area contributed by atoms with Gasteiger partial charge in [-0.15, -0.1) is 0 Å². The molecule has 0 aliphatic rings. The lowest BCUT2D eigenvalue weighted by molar-refractivity contribution is 0.470. The van der Waals surface area contributed by atoms with E-state index in [9.17, 15) is 8.42 Å². The van der Waals surface area contributed by atoms with Crippen LogP contribution in [0.3, 0.4) is 0 Å². The number of hydrogen-bond acceptors (Lipinski definition) is 5. The summed E-state index contributed by atoms with van der Waals surface area (Å²) in [5.74, 6) is 0.538. The van der Waals surface area contributed by atoms with E-state index in [-0.39, 0.29) is 16.1 Å². The Bertz CT molecular complexity index is 636. The van der Waals surface area contributed by atoms with Gasteiger partial charge in [0, 0.05) is 18.0 Å². The van der Waals surface area contributed by atoms with Gasteiger partial charge in [-0.2, -0.15) is 0 Å². The molecule has 0 fully saturated rings. The number of hydrogen-bond donors (Lipinski definition) is 3. The van der Waals surface area contributed by atoms with E-state index in [4.69, 9.17) is 4.42 Å². The van der Waals surface area contributed by atoms with Crippen LogP contribution in [0.1, 0.15) is 11.5 Å². The quantitative estimate of drug-likeness (QED) is 0.721. The lowest BCUT2D eigenvalue weighted by Crippen LogP contribution is -2.23. The van der Waals surface area contributed by atoms with Crippen LogP contribution in [0, 0.1) is 0 Å². The van der Waals surface area contributed by atoms with Crippen LogP contribution >= 0.6 is 15.9 Å². The highest BCUT2D eigenvalue weighted by Crippen LogP contribution is 2.26. The summed E-state index contributed by atoms with van der Waals surface area (Å²) in [4.78, 5) is 6.71. The Kier molecular flexibility index (Phi) is 4.40. The van der Waals surface area contributed by atoms with Crippen LogP contribution in [0.25, 0.3) is 0 Å². The van der Waals surface area contributed by atoms with Gasteiger partial charge < -0.3 is 14.7 Å². The highest BCUT2D eigenvalue weighted by atomic mass is 79.9. The first-order chi connectivity index (χ1) is 9.03. The highest BCUT2D eigenvalue weighted by molar-refractivity contribution is 9.10. The third-order valence-corrected chi connectivity index (χ3v) is 4.61. The first kappa shape index (κ1) is 14.3. The second-order valence-electron chi connectivity index (χ2n) is 3.78. The SMILES string of the molecule is CNCc1cc(S(=O)(=O)NCc2cnc[nH]2)c(Br)o1. The maximum Gasteiger partial charge on any atom is 0.245 e. The van der Waals surface area contributed by atoms with E-state index in [1.165, 1.54) is 12.4 Å². The number of aromatic amines is 1. The van der Waals surface area contributed by atoms with Crippen LogP contribution in [0.5, 0.6) is 0 Å². The third-order valence-electron chi connectivity index (χ3n) is 2.35. The second kappa shape index (κ2) is 5.87. The van der Waals surface area contributed by atoms with E-state index in [1.807, 2.05) is 0 Å². The van der Waals surface area contributed by atoms with Crippen molar-refractivity contribution < 1.29 is 12.8 Å². The van der Waals surface area contributed by atoms with Crippen molar-refractivity contribution >= 4 is 26.0 Å². The average Bonchev–Trinajstić information content (AvgIpc) is 2.97. The topological polar surface area (TPSA) is 100 Å². The molecule has 3 N–H and O–H groups in total. The van der Waals surface area contributed by atoms with Crippen molar-refractivity contribution in [1.82, 2.24) is 20.0 Å². The van der Waals surface area contributed by atoms with Crippen molar-refractivity contribution in [1.29, 1.82) is 0 Å². The molecule has 0 spiro atoms. The first-order valence-electron chi connectivity index (χ1n) is 5.42. The standard InChI is InChI=1S/C10H13BrN4O3S/c1-12-5-8-2-9(10(11)18-8)19(16,17)15-4-7-3-13-6-14-7/h2-3,6,12,15H,4-5H2,1H3,(H,13,14).